The van der Waals surface area contributed by atoms with E-state index in [1.807, 2.05) is 27.7 Å². The van der Waals surface area contributed by atoms with Gasteiger partial charge in [-0.1, -0.05) is 0 Å². The van der Waals surface area contributed by atoms with E-state index in [0.29, 0.717) is 6.61 Å². The van der Waals surface area contributed by atoms with Crippen LogP contribution in [-0.4, -0.2) is 54.0 Å². The summed E-state index contributed by atoms with van der Waals surface area (Å²) in [4.78, 5) is 0. The van der Waals surface area contributed by atoms with Gasteiger partial charge in [-0.2, -0.15) is 0 Å². The van der Waals surface area contributed by atoms with E-state index < -0.39 is 24.0 Å². The molecule has 6 nitrogen and oxygen atoms in total. The van der Waals surface area contributed by atoms with Crippen molar-refractivity contribution >= 4 is 0 Å². The van der Waals surface area contributed by atoms with E-state index in [-0.39, 0.29) is 18.3 Å². The Morgan fingerprint density at radius 3 is 2.17 bits per heavy atom. The molecule has 3 rings (SSSR count). The monoisotopic (exact) mass is 260 g/mol. The topological polar surface area (TPSA) is 66.4 Å². The molecule has 18 heavy (non-hydrogen) atoms. The Kier molecular flexibility index (Phi) is 2.75. The molecule has 3 fully saturated rings. The largest absolute Gasteiger partial charge is 0.366 e. The van der Waals surface area contributed by atoms with Gasteiger partial charge in [0.25, 0.3) is 0 Å². The Labute approximate surface area is 106 Å². The lowest BCUT2D eigenvalue weighted by Crippen LogP contribution is -2.40. The molecule has 3 saturated heterocycles. The third-order valence-electron chi connectivity index (χ3n) is 3.46. The lowest BCUT2D eigenvalue weighted by molar-refractivity contribution is -0.236. The molecule has 3 aliphatic heterocycles. The first-order chi connectivity index (χ1) is 8.27. The quantitative estimate of drug-likeness (QED) is 0.735. The molecule has 2 unspecified atom stereocenters. The van der Waals surface area contributed by atoms with Crippen LogP contribution in [0.15, 0.2) is 0 Å². The third-order valence-corrected chi connectivity index (χ3v) is 3.46. The summed E-state index contributed by atoms with van der Waals surface area (Å²) in [6.07, 6.45) is -2.38. The summed E-state index contributed by atoms with van der Waals surface area (Å²) < 4.78 is 28.2. The lowest BCUT2D eigenvalue weighted by atomic mass is 10.1. The minimum atomic E-state index is -0.978. The van der Waals surface area contributed by atoms with Gasteiger partial charge in [-0.25, -0.2) is 0 Å². The van der Waals surface area contributed by atoms with E-state index in [0.717, 1.165) is 0 Å². The number of fused-ring (bicyclic) bond motifs is 1. The average molecular weight is 260 g/mol. The zero-order chi connectivity index (χ0) is 13.1. The zero-order valence-corrected chi connectivity index (χ0v) is 11.1. The van der Waals surface area contributed by atoms with E-state index in [9.17, 15) is 5.11 Å². The minimum absolute atomic E-state index is 0.248. The SMILES string of the molecule is CC1(C)OC[C@H](C2OC(O)[C@H]3OC(C)(C)O[C@@H]23)O1. The van der Waals surface area contributed by atoms with Crippen molar-refractivity contribution in [1.29, 1.82) is 0 Å². The fourth-order valence-electron chi connectivity index (χ4n) is 2.78. The zero-order valence-electron chi connectivity index (χ0n) is 11.1. The van der Waals surface area contributed by atoms with Crippen molar-refractivity contribution in [2.45, 2.75) is 70.0 Å². The molecule has 0 spiro atoms. The van der Waals surface area contributed by atoms with Crippen LogP contribution in [0.4, 0.5) is 0 Å². The van der Waals surface area contributed by atoms with E-state index in [1.54, 1.807) is 0 Å². The Balaban J connectivity index is 1.75. The van der Waals surface area contributed by atoms with Gasteiger partial charge in [-0.3, -0.25) is 0 Å². The first-order valence-electron chi connectivity index (χ1n) is 6.28. The fourth-order valence-corrected chi connectivity index (χ4v) is 2.78. The standard InChI is InChI=1S/C12H20O6/c1-11(2)14-5-6(16-11)7-8-9(10(13)15-7)18-12(3,4)17-8/h6-10,13H,5H2,1-4H3/t6-,7?,8+,9+,10?/m1/s1. The van der Waals surface area contributed by atoms with Crippen molar-refractivity contribution in [1.82, 2.24) is 0 Å². The molecular weight excluding hydrogens is 240 g/mol. The first-order valence-corrected chi connectivity index (χ1v) is 6.28. The predicted octanol–water partition coefficient (Wildman–Crippen LogP) is 0.375. The Hall–Kier alpha value is -0.240. The molecule has 0 saturated carbocycles. The second kappa shape index (κ2) is 3.88. The number of aliphatic hydroxyl groups excluding tert-OH is 1. The van der Waals surface area contributed by atoms with Crippen molar-refractivity contribution in [3.63, 3.8) is 0 Å². The van der Waals surface area contributed by atoms with Crippen LogP contribution in [0.1, 0.15) is 27.7 Å². The van der Waals surface area contributed by atoms with E-state index in [2.05, 4.69) is 0 Å². The van der Waals surface area contributed by atoms with Crippen LogP contribution in [0.3, 0.4) is 0 Å². The predicted molar refractivity (Wildman–Crippen MR) is 59.6 cm³/mol. The van der Waals surface area contributed by atoms with Gasteiger partial charge in [0.1, 0.15) is 24.4 Å². The molecule has 0 bridgehead atoms. The molecule has 0 radical (unpaired) electrons. The molecule has 0 aromatic carbocycles. The van der Waals surface area contributed by atoms with Crippen molar-refractivity contribution in [2.24, 2.45) is 0 Å². The average Bonchev–Trinajstić information content (AvgIpc) is 2.81. The van der Waals surface area contributed by atoms with Crippen LogP contribution in [0, 0.1) is 0 Å². The van der Waals surface area contributed by atoms with Gasteiger partial charge in [0.05, 0.1) is 6.61 Å². The summed E-state index contributed by atoms with van der Waals surface area (Å²) in [5.74, 6) is -1.32. The molecule has 104 valence electrons. The molecule has 3 heterocycles. The van der Waals surface area contributed by atoms with Gasteiger partial charge in [-0.15, -0.1) is 0 Å². The smallest absolute Gasteiger partial charge is 0.184 e. The molecule has 6 heteroatoms. The summed E-state index contributed by atoms with van der Waals surface area (Å²) >= 11 is 0. The van der Waals surface area contributed by atoms with Gasteiger partial charge in [0.15, 0.2) is 17.9 Å². The normalized spacial score (nSPS) is 49.5. The lowest BCUT2D eigenvalue weighted by Gasteiger charge is -2.26. The van der Waals surface area contributed by atoms with E-state index >= 15 is 0 Å². The van der Waals surface area contributed by atoms with Gasteiger partial charge in [0.2, 0.25) is 0 Å². The highest BCUT2D eigenvalue weighted by Gasteiger charge is 2.58. The number of ether oxygens (including phenoxy) is 5. The Morgan fingerprint density at radius 1 is 0.889 bits per heavy atom. The maximum Gasteiger partial charge on any atom is 0.184 e. The highest BCUT2D eigenvalue weighted by molar-refractivity contribution is 4.99. The maximum absolute atomic E-state index is 9.87. The van der Waals surface area contributed by atoms with Crippen LogP contribution in [0.25, 0.3) is 0 Å². The van der Waals surface area contributed by atoms with Gasteiger partial charge >= 0.3 is 0 Å². The maximum atomic E-state index is 9.87. The van der Waals surface area contributed by atoms with E-state index in [1.165, 1.54) is 0 Å². The summed E-state index contributed by atoms with van der Waals surface area (Å²) in [5.41, 5.74) is 0. The highest BCUT2D eigenvalue weighted by Crippen LogP contribution is 2.41. The molecular formula is C12H20O6. The molecule has 1 N–H and O–H groups in total. The van der Waals surface area contributed by atoms with Crippen LogP contribution >= 0.6 is 0 Å². The van der Waals surface area contributed by atoms with Crippen molar-refractivity contribution in [3.8, 4) is 0 Å². The van der Waals surface area contributed by atoms with Crippen LogP contribution < -0.4 is 0 Å². The van der Waals surface area contributed by atoms with Crippen molar-refractivity contribution in [3.05, 3.63) is 0 Å². The number of hydrogen-bond donors (Lipinski definition) is 1. The fraction of sp³-hybridized carbons (Fsp3) is 1.00. The van der Waals surface area contributed by atoms with Crippen molar-refractivity contribution < 1.29 is 28.8 Å². The second-order valence-electron chi connectivity index (χ2n) is 5.92. The second-order valence-corrected chi connectivity index (χ2v) is 5.92. The van der Waals surface area contributed by atoms with E-state index in [4.69, 9.17) is 23.7 Å². The van der Waals surface area contributed by atoms with Gasteiger partial charge in [-0.05, 0) is 27.7 Å². The van der Waals surface area contributed by atoms with Crippen LogP contribution in [0.2, 0.25) is 0 Å². The number of rotatable bonds is 1. The summed E-state index contributed by atoms with van der Waals surface area (Å²) in [7, 11) is 0. The molecule has 0 aliphatic carbocycles. The molecule has 5 atom stereocenters. The number of aliphatic hydroxyl groups is 1. The van der Waals surface area contributed by atoms with Crippen LogP contribution in [0.5, 0.6) is 0 Å². The Bertz CT molecular complexity index is 341. The van der Waals surface area contributed by atoms with Gasteiger partial charge in [0, 0.05) is 0 Å². The summed E-state index contributed by atoms with van der Waals surface area (Å²) in [6.45, 7) is 7.78. The molecule has 3 aliphatic rings. The highest BCUT2D eigenvalue weighted by atomic mass is 16.8. The minimum Gasteiger partial charge on any atom is -0.366 e. The van der Waals surface area contributed by atoms with Gasteiger partial charge < -0.3 is 28.8 Å². The summed E-state index contributed by atoms with van der Waals surface area (Å²) in [6, 6.07) is 0. The Morgan fingerprint density at radius 2 is 1.56 bits per heavy atom. The number of hydrogen-bond acceptors (Lipinski definition) is 6. The van der Waals surface area contributed by atoms with Crippen LogP contribution in [-0.2, 0) is 23.7 Å². The first kappa shape index (κ1) is 12.8. The molecule has 0 amide bonds. The molecule has 0 aromatic heterocycles. The van der Waals surface area contributed by atoms with Crippen molar-refractivity contribution in [2.75, 3.05) is 6.61 Å². The third kappa shape index (κ3) is 2.07. The summed E-state index contributed by atoms with van der Waals surface area (Å²) in [5, 5.41) is 9.87. The molecule has 0 aromatic rings.